The van der Waals surface area contributed by atoms with Crippen molar-refractivity contribution in [3.63, 3.8) is 0 Å². The summed E-state index contributed by atoms with van der Waals surface area (Å²) in [6.45, 7) is 1.20. The molecule has 1 heterocycles. The highest BCUT2D eigenvalue weighted by molar-refractivity contribution is 7.51. The van der Waals surface area contributed by atoms with E-state index in [4.69, 9.17) is 14.3 Å². The van der Waals surface area contributed by atoms with Gasteiger partial charge in [-0.3, -0.25) is 4.57 Å². The van der Waals surface area contributed by atoms with Gasteiger partial charge in [-0.2, -0.15) is 4.98 Å². The molecule has 2 aromatic carbocycles. The summed E-state index contributed by atoms with van der Waals surface area (Å²) in [5.74, 6) is 1.27. The summed E-state index contributed by atoms with van der Waals surface area (Å²) in [6.07, 6.45) is 5.55. The van der Waals surface area contributed by atoms with Crippen LogP contribution >= 0.6 is 7.60 Å². The number of hydrogen-bond donors (Lipinski definition) is 3. The average Bonchev–Trinajstić information content (AvgIpc) is 3.23. The molecular weight excluding hydrogens is 413 g/mol. The first-order valence-corrected chi connectivity index (χ1v) is 12.5. The van der Waals surface area contributed by atoms with E-state index in [1.54, 1.807) is 0 Å². The van der Waals surface area contributed by atoms with Crippen molar-refractivity contribution in [3.8, 4) is 11.4 Å². The van der Waals surface area contributed by atoms with Gasteiger partial charge in [-0.05, 0) is 43.4 Å². The van der Waals surface area contributed by atoms with Gasteiger partial charge in [0.1, 0.15) is 0 Å². The van der Waals surface area contributed by atoms with Crippen LogP contribution in [0.1, 0.15) is 42.7 Å². The van der Waals surface area contributed by atoms with Crippen LogP contribution in [0.4, 0.5) is 0 Å². The van der Waals surface area contributed by atoms with Crippen LogP contribution in [0.15, 0.2) is 59.1 Å². The fraction of sp³-hybridized carbons (Fsp3) is 0.391. The third-order valence-corrected chi connectivity index (χ3v) is 5.91. The summed E-state index contributed by atoms with van der Waals surface area (Å²) in [4.78, 5) is 22.2. The van der Waals surface area contributed by atoms with Crippen molar-refractivity contribution in [2.45, 2.75) is 45.1 Å². The van der Waals surface area contributed by atoms with Crippen LogP contribution in [0.3, 0.4) is 0 Å². The molecule has 0 saturated carbocycles. The molecule has 31 heavy (non-hydrogen) atoms. The molecule has 0 spiro atoms. The Kier molecular flexibility index (Phi) is 8.98. The van der Waals surface area contributed by atoms with E-state index < -0.39 is 7.60 Å². The van der Waals surface area contributed by atoms with Crippen molar-refractivity contribution in [1.29, 1.82) is 0 Å². The van der Waals surface area contributed by atoms with Crippen LogP contribution in [0.25, 0.3) is 11.4 Å². The summed E-state index contributed by atoms with van der Waals surface area (Å²) < 4.78 is 16.2. The second kappa shape index (κ2) is 11.9. The molecule has 3 aromatic rings. The molecule has 0 atom stereocenters. The van der Waals surface area contributed by atoms with Crippen molar-refractivity contribution in [2.24, 2.45) is 0 Å². The predicted octanol–water partition coefficient (Wildman–Crippen LogP) is 4.35. The molecule has 3 N–H and O–H groups in total. The minimum atomic E-state index is -3.90. The van der Waals surface area contributed by atoms with Crippen LogP contribution in [0, 0.1) is 0 Å². The van der Waals surface area contributed by atoms with Gasteiger partial charge in [0, 0.05) is 18.5 Å². The molecule has 0 bridgehead atoms. The van der Waals surface area contributed by atoms with Gasteiger partial charge in [0.15, 0.2) is 0 Å². The molecule has 8 heteroatoms. The van der Waals surface area contributed by atoms with Crippen LogP contribution in [0.2, 0.25) is 0 Å². The number of aryl methyl sites for hydroxylation is 2. The van der Waals surface area contributed by atoms with E-state index >= 15 is 0 Å². The monoisotopic (exact) mass is 443 g/mol. The first-order valence-electron chi connectivity index (χ1n) is 10.7. The second-order valence-corrected chi connectivity index (χ2v) is 9.45. The molecule has 7 nitrogen and oxygen atoms in total. The van der Waals surface area contributed by atoms with E-state index in [9.17, 15) is 4.57 Å². The highest BCUT2D eigenvalue weighted by Gasteiger charge is 2.11. The van der Waals surface area contributed by atoms with Crippen LogP contribution in [-0.4, -0.2) is 32.6 Å². The Morgan fingerprint density at radius 1 is 0.871 bits per heavy atom. The van der Waals surface area contributed by atoms with Gasteiger partial charge in [0.2, 0.25) is 11.7 Å². The Balaban J connectivity index is 1.36. The standard InChI is InChI=1S/C23H30N3O4P/c27-31(28,29)17-7-16-24-18-20-12-14-21(15-13-20)23-25-22(30-26-23)11-6-2-5-10-19-8-3-1-4-9-19/h1,3-4,8-9,12-15,24H,2,5-7,10-11,16-18H2,(H2,27,28,29). The molecule has 0 amide bonds. The van der Waals surface area contributed by atoms with Crippen LogP contribution in [-0.2, 0) is 24.0 Å². The van der Waals surface area contributed by atoms with E-state index in [2.05, 4.69) is 39.7 Å². The van der Waals surface area contributed by atoms with Gasteiger partial charge in [0.25, 0.3) is 0 Å². The lowest BCUT2D eigenvalue weighted by atomic mass is 10.1. The highest BCUT2D eigenvalue weighted by atomic mass is 31.2. The van der Waals surface area contributed by atoms with Crippen molar-refractivity contribution < 1.29 is 18.9 Å². The maximum Gasteiger partial charge on any atom is 0.325 e. The minimum Gasteiger partial charge on any atom is -0.339 e. The molecule has 166 valence electrons. The zero-order chi connectivity index (χ0) is 21.9. The van der Waals surface area contributed by atoms with Gasteiger partial charge in [-0.25, -0.2) is 0 Å². The first-order chi connectivity index (χ1) is 15.0. The lowest BCUT2D eigenvalue weighted by Gasteiger charge is -2.06. The SMILES string of the molecule is O=P(O)(O)CCCNCc1ccc(-c2noc(CCCCCc3ccccc3)n2)cc1. The van der Waals surface area contributed by atoms with Crippen LogP contribution < -0.4 is 5.32 Å². The van der Waals surface area contributed by atoms with Gasteiger partial charge >= 0.3 is 7.60 Å². The number of hydrogen-bond acceptors (Lipinski definition) is 5. The predicted molar refractivity (Wildman–Crippen MR) is 121 cm³/mol. The Morgan fingerprint density at radius 3 is 2.35 bits per heavy atom. The van der Waals surface area contributed by atoms with Gasteiger partial charge in [-0.15, -0.1) is 0 Å². The Hall–Kier alpha value is -2.31. The molecule has 0 unspecified atom stereocenters. The fourth-order valence-electron chi connectivity index (χ4n) is 3.31. The molecule has 0 aliphatic rings. The molecule has 0 fully saturated rings. The first kappa shape index (κ1) is 23.4. The number of nitrogens with zero attached hydrogens (tertiary/aromatic N) is 2. The number of unbranched alkanes of at least 4 members (excludes halogenated alkanes) is 2. The highest BCUT2D eigenvalue weighted by Crippen LogP contribution is 2.34. The lowest BCUT2D eigenvalue weighted by molar-refractivity contribution is 0.371. The van der Waals surface area contributed by atoms with Gasteiger partial charge in [-0.1, -0.05) is 66.2 Å². The van der Waals surface area contributed by atoms with E-state index in [1.807, 2.05) is 30.3 Å². The minimum absolute atomic E-state index is 0.0911. The van der Waals surface area contributed by atoms with Crippen molar-refractivity contribution >= 4 is 7.60 Å². The van der Waals surface area contributed by atoms with E-state index in [0.29, 0.717) is 31.2 Å². The van der Waals surface area contributed by atoms with Crippen molar-refractivity contribution in [1.82, 2.24) is 15.5 Å². The third-order valence-electron chi connectivity index (χ3n) is 5.01. The maximum absolute atomic E-state index is 10.8. The summed E-state index contributed by atoms with van der Waals surface area (Å²) in [7, 11) is -3.90. The summed E-state index contributed by atoms with van der Waals surface area (Å²) in [6, 6.07) is 18.4. The maximum atomic E-state index is 10.8. The molecule has 1 aromatic heterocycles. The Labute approximate surface area is 183 Å². The molecule has 0 saturated heterocycles. The molecular formula is C23H30N3O4P. The molecule has 0 radical (unpaired) electrons. The zero-order valence-corrected chi connectivity index (χ0v) is 18.5. The van der Waals surface area contributed by atoms with E-state index in [0.717, 1.165) is 43.2 Å². The Bertz CT molecular complexity index is 954. The molecule has 0 aliphatic heterocycles. The zero-order valence-electron chi connectivity index (χ0n) is 17.6. The Morgan fingerprint density at radius 2 is 1.61 bits per heavy atom. The second-order valence-electron chi connectivity index (χ2n) is 7.67. The summed E-state index contributed by atoms with van der Waals surface area (Å²) >= 11 is 0. The molecule has 3 rings (SSSR count). The smallest absolute Gasteiger partial charge is 0.325 e. The van der Waals surface area contributed by atoms with E-state index in [1.165, 1.54) is 5.56 Å². The lowest BCUT2D eigenvalue weighted by Crippen LogP contribution is -2.15. The van der Waals surface area contributed by atoms with Crippen LogP contribution in [0.5, 0.6) is 0 Å². The van der Waals surface area contributed by atoms with Crippen molar-refractivity contribution in [3.05, 3.63) is 71.6 Å². The number of benzene rings is 2. The van der Waals surface area contributed by atoms with Gasteiger partial charge < -0.3 is 19.6 Å². The fourth-order valence-corrected chi connectivity index (χ4v) is 3.88. The van der Waals surface area contributed by atoms with E-state index in [-0.39, 0.29) is 6.16 Å². The normalized spacial score (nSPS) is 11.7. The number of rotatable bonds is 13. The van der Waals surface area contributed by atoms with Crippen molar-refractivity contribution in [2.75, 3.05) is 12.7 Å². The quantitative estimate of drug-likeness (QED) is 0.266. The summed E-state index contributed by atoms with van der Waals surface area (Å²) in [5, 5.41) is 7.28. The largest absolute Gasteiger partial charge is 0.339 e. The number of nitrogens with one attached hydrogen (secondary N) is 1. The average molecular weight is 443 g/mol. The summed E-state index contributed by atoms with van der Waals surface area (Å²) in [5.41, 5.74) is 3.37. The third kappa shape index (κ3) is 8.75. The van der Waals surface area contributed by atoms with Gasteiger partial charge in [0.05, 0.1) is 6.16 Å². The topological polar surface area (TPSA) is 108 Å². The number of aromatic nitrogens is 2. The molecule has 0 aliphatic carbocycles.